The van der Waals surface area contributed by atoms with E-state index in [4.69, 9.17) is 9.31 Å². The molecule has 39 heavy (non-hydrogen) atoms. The van der Waals surface area contributed by atoms with Gasteiger partial charge in [0.1, 0.15) is 0 Å². The summed E-state index contributed by atoms with van der Waals surface area (Å²) in [6, 6.07) is 11.7. The van der Waals surface area contributed by atoms with E-state index < -0.39 is 42.9 Å². The molecule has 0 bridgehead atoms. The molecule has 1 aliphatic heterocycles. The minimum absolute atomic E-state index is 0.320. The molecule has 0 aliphatic carbocycles. The van der Waals surface area contributed by atoms with Crippen LogP contribution >= 0.6 is 0 Å². The molecule has 2 aromatic rings. The maximum absolute atomic E-state index is 13.1. The highest BCUT2D eigenvalue weighted by Crippen LogP contribution is 2.42. The van der Waals surface area contributed by atoms with Crippen LogP contribution in [0.5, 0.6) is 0 Å². The van der Waals surface area contributed by atoms with Gasteiger partial charge in [-0.15, -0.1) is 0 Å². The number of rotatable bonds is 9. The fourth-order valence-corrected chi connectivity index (χ4v) is 5.41. The highest BCUT2D eigenvalue weighted by molar-refractivity contribution is 6.62. The molecular weight excluding hydrogens is 514 g/mol. The first kappa shape index (κ1) is 31.6. The van der Waals surface area contributed by atoms with Crippen LogP contribution in [-0.2, 0) is 21.1 Å². The number of benzene rings is 2. The number of alkyl halides is 5. The van der Waals surface area contributed by atoms with Crippen LogP contribution in [-0.4, -0.2) is 41.6 Å². The summed E-state index contributed by atoms with van der Waals surface area (Å²) < 4.78 is 78.2. The van der Waals surface area contributed by atoms with Crippen LogP contribution in [0.2, 0.25) is 0 Å². The molecule has 1 unspecified atom stereocenters. The molecule has 216 valence electrons. The van der Waals surface area contributed by atoms with E-state index in [1.54, 1.807) is 13.0 Å². The summed E-state index contributed by atoms with van der Waals surface area (Å²) in [5, 5.41) is 9.68. The van der Waals surface area contributed by atoms with Gasteiger partial charge in [-0.3, -0.25) is 0 Å². The summed E-state index contributed by atoms with van der Waals surface area (Å²) in [6.45, 7) is 16.0. The van der Waals surface area contributed by atoms with Gasteiger partial charge in [0.05, 0.1) is 11.2 Å². The predicted molar refractivity (Wildman–Crippen MR) is 145 cm³/mol. The van der Waals surface area contributed by atoms with Gasteiger partial charge in [0.15, 0.2) is 0 Å². The normalized spacial score (nSPS) is 19.0. The molecule has 1 aliphatic rings. The highest BCUT2D eigenvalue weighted by Gasteiger charge is 2.59. The minimum Gasteiger partial charge on any atom is -0.399 e. The lowest BCUT2D eigenvalue weighted by Crippen LogP contribution is -2.51. The Labute approximate surface area is 229 Å². The Kier molecular flexibility index (Phi) is 8.73. The summed E-state index contributed by atoms with van der Waals surface area (Å²) in [5.74, 6) is 0. The number of halogens is 5. The van der Waals surface area contributed by atoms with Crippen molar-refractivity contribution in [3.63, 3.8) is 0 Å². The van der Waals surface area contributed by atoms with Crippen LogP contribution < -0.4 is 5.46 Å². The molecule has 0 amide bonds. The van der Waals surface area contributed by atoms with Crippen LogP contribution in [0, 0.1) is 13.8 Å². The summed E-state index contributed by atoms with van der Waals surface area (Å²) in [5.41, 5.74) is -0.0291. The lowest BCUT2D eigenvalue weighted by molar-refractivity contribution is -0.300. The van der Waals surface area contributed by atoms with E-state index in [0.717, 1.165) is 35.0 Å². The first-order chi connectivity index (χ1) is 17.8. The Morgan fingerprint density at radius 3 is 1.74 bits per heavy atom. The second kappa shape index (κ2) is 10.8. The predicted octanol–water partition coefficient (Wildman–Crippen LogP) is 7.20. The molecule has 0 aromatic heterocycles. The van der Waals surface area contributed by atoms with E-state index in [1.165, 1.54) is 0 Å². The largest absolute Gasteiger partial charge is 0.495 e. The van der Waals surface area contributed by atoms with Crippen molar-refractivity contribution in [2.75, 3.05) is 0 Å². The van der Waals surface area contributed by atoms with Crippen LogP contribution in [0.1, 0.15) is 88.6 Å². The Balaban J connectivity index is 1.92. The van der Waals surface area contributed by atoms with E-state index in [9.17, 15) is 27.1 Å². The van der Waals surface area contributed by atoms with Gasteiger partial charge in [-0.25, -0.2) is 8.78 Å². The second-order valence-corrected chi connectivity index (χ2v) is 11.8. The van der Waals surface area contributed by atoms with Gasteiger partial charge in [-0.1, -0.05) is 55.8 Å². The number of aliphatic hydroxyl groups is 1. The van der Waals surface area contributed by atoms with Crippen LogP contribution in [0.15, 0.2) is 36.4 Å². The average Bonchev–Trinajstić information content (AvgIpc) is 3.05. The Bertz CT molecular complexity index is 1160. The van der Waals surface area contributed by atoms with Crippen LogP contribution in [0.3, 0.4) is 0 Å². The third-order valence-corrected chi connectivity index (χ3v) is 9.06. The van der Waals surface area contributed by atoms with Crippen molar-refractivity contribution < 1.29 is 36.4 Å². The molecule has 1 saturated heterocycles. The first-order valence-corrected chi connectivity index (χ1v) is 13.5. The van der Waals surface area contributed by atoms with E-state index in [1.807, 2.05) is 52.8 Å². The van der Waals surface area contributed by atoms with Gasteiger partial charge in [-0.2, -0.15) is 13.2 Å². The third-order valence-electron chi connectivity index (χ3n) is 9.06. The van der Waals surface area contributed by atoms with Crippen LogP contribution in [0.25, 0.3) is 0 Å². The quantitative estimate of drug-likeness (QED) is 0.263. The van der Waals surface area contributed by atoms with Gasteiger partial charge in [0.25, 0.3) is 6.43 Å². The zero-order chi connectivity index (χ0) is 29.6. The van der Waals surface area contributed by atoms with Gasteiger partial charge < -0.3 is 14.4 Å². The van der Waals surface area contributed by atoms with Crippen molar-refractivity contribution in [3.05, 3.63) is 64.2 Å². The molecule has 0 radical (unpaired) electrons. The van der Waals surface area contributed by atoms with Gasteiger partial charge in [-0.05, 0) is 94.9 Å². The molecule has 1 fully saturated rings. The van der Waals surface area contributed by atoms with Crippen molar-refractivity contribution in [2.45, 2.75) is 116 Å². The highest BCUT2D eigenvalue weighted by atomic mass is 19.4. The molecule has 1 N–H and O–H groups in total. The van der Waals surface area contributed by atoms with Crippen molar-refractivity contribution in [3.8, 4) is 0 Å². The van der Waals surface area contributed by atoms with Crippen molar-refractivity contribution in [1.82, 2.24) is 0 Å². The average molecular weight is 554 g/mol. The standard InChI is InChI=1S/C30H40BF5O3/c1-9-28(10-2,23-13-14-24(20(4)18-23)31-38-26(5,6)27(7,8)39-31)22-12-11-21(19(3)17-22)15-16-29(37,25(32)33)30(34,35)36/h11-14,17-18,25,37H,9-10,15-16H2,1-8H3. The minimum atomic E-state index is -5.42. The third kappa shape index (κ3) is 5.64. The first-order valence-electron chi connectivity index (χ1n) is 13.5. The van der Waals surface area contributed by atoms with Crippen molar-refractivity contribution in [2.24, 2.45) is 0 Å². The zero-order valence-corrected chi connectivity index (χ0v) is 24.1. The summed E-state index contributed by atoms with van der Waals surface area (Å²) in [7, 11) is -0.480. The zero-order valence-electron chi connectivity index (χ0n) is 24.1. The number of hydrogen-bond donors (Lipinski definition) is 1. The molecule has 3 rings (SSSR count). The van der Waals surface area contributed by atoms with Crippen molar-refractivity contribution >= 4 is 12.6 Å². The molecule has 0 saturated carbocycles. The SMILES string of the molecule is CCC(CC)(c1ccc(CCC(O)(C(F)F)C(F)(F)F)c(C)c1)c1ccc(B2OC(C)(C)C(C)(C)O2)c(C)c1. The summed E-state index contributed by atoms with van der Waals surface area (Å²) in [6.07, 6.45) is -9.22. The molecule has 1 heterocycles. The molecule has 1 atom stereocenters. The maximum Gasteiger partial charge on any atom is 0.495 e. The summed E-state index contributed by atoms with van der Waals surface area (Å²) >= 11 is 0. The Hall–Kier alpha value is -1.97. The molecule has 3 nitrogen and oxygen atoms in total. The maximum atomic E-state index is 13.1. The van der Waals surface area contributed by atoms with E-state index in [2.05, 4.69) is 26.0 Å². The summed E-state index contributed by atoms with van der Waals surface area (Å²) in [4.78, 5) is 0. The van der Waals surface area contributed by atoms with Crippen molar-refractivity contribution in [1.29, 1.82) is 0 Å². The van der Waals surface area contributed by atoms with E-state index in [-0.39, 0.29) is 11.8 Å². The fourth-order valence-electron chi connectivity index (χ4n) is 5.41. The monoisotopic (exact) mass is 554 g/mol. The molecule has 2 aromatic carbocycles. The smallest absolute Gasteiger partial charge is 0.399 e. The topological polar surface area (TPSA) is 38.7 Å². The van der Waals surface area contributed by atoms with Gasteiger partial charge in [0, 0.05) is 5.41 Å². The Morgan fingerprint density at radius 2 is 1.33 bits per heavy atom. The van der Waals surface area contributed by atoms with Gasteiger partial charge >= 0.3 is 13.3 Å². The molecule has 9 heteroatoms. The van der Waals surface area contributed by atoms with Crippen LogP contribution in [0.4, 0.5) is 22.0 Å². The van der Waals surface area contributed by atoms with E-state index >= 15 is 0 Å². The Morgan fingerprint density at radius 1 is 0.846 bits per heavy atom. The second-order valence-electron chi connectivity index (χ2n) is 11.8. The lowest BCUT2D eigenvalue weighted by Gasteiger charge is -2.34. The van der Waals surface area contributed by atoms with Gasteiger partial charge in [0.2, 0.25) is 5.60 Å². The fraction of sp³-hybridized carbons (Fsp3) is 0.600. The number of hydrogen-bond acceptors (Lipinski definition) is 3. The molecular formula is C30H40BF5O3. The number of aryl methyl sites for hydroxylation is 3. The lowest BCUT2D eigenvalue weighted by atomic mass is 9.67. The molecule has 0 spiro atoms. The van der Waals surface area contributed by atoms with E-state index in [0.29, 0.717) is 11.1 Å².